The fourth-order valence-corrected chi connectivity index (χ4v) is 4.13. The van der Waals surface area contributed by atoms with Crippen molar-refractivity contribution < 1.29 is 40.5 Å². The second-order valence-corrected chi connectivity index (χ2v) is 7.61. The van der Waals surface area contributed by atoms with Gasteiger partial charge in [0.15, 0.2) is 0 Å². The highest BCUT2D eigenvalue weighted by Gasteiger charge is 2.56. The fourth-order valence-electron chi connectivity index (χ4n) is 4.13. The largest absolute Gasteiger partial charge is 0.512 e. The molecule has 1 heterocycles. The third-order valence-electron chi connectivity index (χ3n) is 5.31. The molecule has 1 aromatic rings. The monoisotopic (exact) mass is 382 g/mol. The smallest absolute Gasteiger partial charge is 0.116 e. The van der Waals surface area contributed by atoms with Crippen molar-refractivity contribution in [2.24, 2.45) is 0 Å². The van der Waals surface area contributed by atoms with Crippen molar-refractivity contribution in [2.45, 2.75) is 61.0 Å². The Morgan fingerprint density at radius 1 is 1.00 bits per heavy atom. The molecule has 0 spiro atoms. The third-order valence-corrected chi connectivity index (χ3v) is 5.31. The van der Waals surface area contributed by atoms with E-state index in [4.69, 9.17) is 4.74 Å². The summed E-state index contributed by atoms with van der Waals surface area (Å²) < 4.78 is 5.46. The Morgan fingerprint density at radius 3 is 2.30 bits per heavy atom. The standard InChI is InChI=1S/C19H26O8/c20-9-13-14(22)15(23)16(24)17(27-13)19(26)8-12(21)7-18(25,10-19)6-11-4-2-1-3-5-11/h1-5,7,13-17,20-26H,6,8-10H2/t13-,14-,15+,16-,17-,18?,19?/m1/s1. The van der Waals surface area contributed by atoms with E-state index < -0.39 is 48.3 Å². The van der Waals surface area contributed by atoms with Crippen LogP contribution in [-0.4, -0.2) is 84.1 Å². The molecule has 7 atom stereocenters. The molecule has 0 saturated carbocycles. The zero-order valence-corrected chi connectivity index (χ0v) is 14.7. The van der Waals surface area contributed by atoms with Gasteiger partial charge in [-0.1, -0.05) is 30.3 Å². The molecule has 27 heavy (non-hydrogen) atoms. The zero-order chi connectivity index (χ0) is 19.8. The van der Waals surface area contributed by atoms with Crippen LogP contribution in [-0.2, 0) is 11.2 Å². The lowest BCUT2D eigenvalue weighted by Gasteiger charge is -2.50. The first-order valence-corrected chi connectivity index (χ1v) is 8.87. The first-order chi connectivity index (χ1) is 12.7. The summed E-state index contributed by atoms with van der Waals surface area (Å²) in [6.07, 6.45) is -6.70. The summed E-state index contributed by atoms with van der Waals surface area (Å²) in [6.45, 7) is -0.631. The van der Waals surface area contributed by atoms with Crippen molar-refractivity contribution in [1.29, 1.82) is 0 Å². The Hall–Kier alpha value is -1.52. The Kier molecular flexibility index (Phi) is 5.60. The molecule has 8 nitrogen and oxygen atoms in total. The van der Waals surface area contributed by atoms with Gasteiger partial charge in [-0.3, -0.25) is 0 Å². The lowest BCUT2D eigenvalue weighted by Crippen LogP contribution is -2.67. The zero-order valence-electron chi connectivity index (χ0n) is 14.7. The van der Waals surface area contributed by atoms with Crippen LogP contribution in [0.4, 0.5) is 0 Å². The molecule has 150 valence electrons. The van der Waals surface area contributed by atoms with Crippen LogP contribution in [0, 0.1) is 0 Å². The molecule has 7 N–H and O–H groups in total. The van der Waals surface area contributed by atoms with Crippen LogP contribution in [0.25, 0.3) is 0 Å². The van der Waals surface area contributed by atoms with Crippen LogP contribution >= 0.6 is 0 Å². The molecule has 2 aliphatic rings. The molecular weight excluding hydrogens is 356 g/mol. The van der Waals surface area contributed by atoms with Crippen LogP contribution in [0.5, 0.6) is 0 Å². The quantitative estimate of drug-likeness (QED) is 0.342. The average Bonchev–Trinajstić information content (AvgIpc) is 2.59. The first-order valence-electron chi connectivity index (χ1n) is 8.87. The van der Waals surface area contributed by atoms with Crippen LogP contribution in [0.15, 0.2) is 42.2 Å². The maximum Gasteiger partial charge on any atom is 0.116 e. The molecule has 0 radical (unpaired) electrons. The number of hydrogen-bond acceptors (Lipinski definition) is 8. The molecule has 1 aliphatic carbocycles. The highest BCUT2D eigenvalue weighted by Crippen LogP contribution is 2.42. The number of rotatable bonds is 4. The Labute approximate surface area is 156 Å². The van der Waals surface area contributed by atoms with Crippen LogP contribution in [0.2, 0.25) is 0 Å². The van der Waals surface area contributed by atoms with E-state index in [9.17, 15) is 35.7 Å². The van der Waals surface area contributed by atoms with Gasteiger partial charge in [-0.15, -0.1) is 0 Å². The summed E-state index contributed by atoms with van der Waals surface area (Å²) in [6, 6.07) is 9.02. The molecule has 1 aliphatic heterocycles. The normalized spacial score (nSPS) is 42.6. The van der Waals surface area contributed by atoms with Crippen molar-refractivity contribution in [3.05, 3.63) is 47.7 Å². The molecule has 2 unspecified atom stereocenters. The van der Waals surface area contributed by atoms with Crippen LogP contribution < -0.4 is 0 Å². The van der Waals surface area contributed by atoms with Gasteiger partial charge < -0.3 is 40.5 Å². The first kappa shape index (κ1) is 20.2. The Bertz CT molecular complexity index is 678. The highest BCUT2D eigenvalue weighted by atomic mass is 16.6. The molecule has 0 bridgehead atoms. The average molecular weight is 382 g/mol. The molecule has 0 aromatic heterocycles. The maximum absolute atomic E-state index is 11.1. The van der Waals surface area contributed by atoms with Crippen molar-refractivity contribution in [3.8, 4) is 0 Å². The summed E-state index contributed by atoms with van der Waals surface area (Å²) in [5.74, 6) is -0.279. The maximum atomic E-state index is 11.1. The molecule has 1 aromatic carbocycles. The van der Waals surface area contributed by atoms with Crippen molar-refractivity contribution >= 4 is 0 Å². The summed E-state index contributed by atoms with van der Waals surface area (Å²) in [5.41, 5.74) is -2.75. The highest BCUT2D eigenvalue weighted by molar-refractivity contribution is 5.25. The van der Waals surface area contributed by atoms with Crippen molar-refractivity contribution in [3.63, 3.8) is 0 Å². The molecule has 1 saturated heterocycles. The number of ether oxygens (including phenoxy) is 1. The lowest BCUT2D eigenvalue weighted by molar-refractivity contribution is -0.277. The Morgan fingerprint density at radius 2 is 1.67 bits per heavy atom. The van der Waals surface area contributed by atoms with Gasteiger partial charge in [-0.2, -0.15) is 0 Å². The topological polar surface area (TPSA) is 151 Å². The third kappa shape index (κ3) is 4.02. The van der Waals surface area contributed by atoms with E-state index in [-0.39, 0.29) is 25.0 Å². The lowest BCUT2D eigenvalue weighted by atomic mass is 9.71. The van der Waals surface area contributed by atoms with Gasteiger partial charge >= 0.3 is 0 Å². The second-order valence-electron chi connectivity index (χ2n) is 7.61. The molecule has 0 amide bonds. The predicted molar refractivity (Wildman–Crippen MR) is 93.8 cm³/mol. The summed E-state index contributed by atoms with van der Waals surface area (Å²) >= 11 is 0. The second kappa shape index (κ2) is 7.48. The minimum Gasteiger partial charge on any atom is -0.512 e. The van der Waals surface area contributed by atoms with Gasteiger partial charge in [0.2, 0.25) is 0 Å². The van der Waals surface area contributed by atoms with E-state index in [0.717, 1.165) is 5.56 Å². The van der Waals surface area contributed by atoms with E-state index in [1.165, 1.54) is 6.08 Å². The van der Waals surface area contributed by atoms with E-state index in [1.54, 1.807) is 24.3 Å². The Balaban J connectivity index is 1.87. The summed E-state index contributed by atoms with van der Waals surface area (Å²) in [4.78, 5) is 0. The SMILES string of the molecule is OC[C@H]1O[C@@H](C2(O)CC(O)=CC(O)(Cc3ccccc3)C2)[C@H](O)[C@@H](O)[C@@H]1O. The van der Waals surface area contributed by atoms with Crippen LogP contribution in [0.3, 0.4) is 0 Å². The number of hydrogen-bond donors (Lipinski definition) is 7. The summed E-state index contributed by atoms with van der Waals surface area (Å²) in [7, 11) is 0. The van der Waals surface area contributed by atoms with E-state index in [2.05, 4.69) is 0 Å². The van der Waals surface area contributed by atoms with Crippen LogP contribution in [0.1, 0.15) is 18.4 Å². The van der Waals surface area contributed by atoms with Gasteiger partial charge in [-0.25, -0.2) is 0 Å². The van der Waals surface area contributed by atoms with E-state index >= 15 is 0 Å². The van der Waals surface area contributed by atoms with Gasteiger partial charge in [0.1, 0.15) is 36.1 Å². The molecule has 3 rings (SSSR count). The summed E-state index contributed by atoms with van der Waals surface area (Å²) in [5, 5.41) is 71.9. The van der Waals surface area contributed by atoms with Gasteiger partial charge in [0.25, 0.3) is 0 Å². The number of aliphatic hydroxyl groups excluding tert-OH is 5. The molecule has 8 heteroatoms. The molecule has 1 fully saturated rings. The van der Waals surface area contributed by atoms with Gasteiger partial charge in [-0.05, 0) is 11.6 Å². The van der Waals surface area contributed by atoms with Crippen molar-refractivity contribution in [2.75, 3.05) is 6.61 Å². The minimum absolute atomic E-state index is 0.109. The van der Waals surface area contributed by atoms with E-state index in [0.29, 0.717) is 0 Å². The van der Waals surface area contributed by atoms with Crippen molar-refractivity contribution in [1.82, 2.24) is 0 Å². The van der Waals surface area contributed by atoms with E-state index in [1.807, 2.05) is 6.07 Å². The van der Waals surface area contributed by atoms with Gasteiger partial charge in [0.05, 0.1) is 18.0 Å². The molecular formula is C19H26O8. The predicted octanol–water partition coefficient (Wildman–Crippen LogP) is -1.23. The number of aliphatic hydroxyl groups is 7. The fraction of sp³-hybridized carbons (Fsp3) is 0.579. The van der Waals surface area contributed by atoms with Gasteiger partial charge in [0, 0.05) is 19.3 Å². The minimum atomic E-state index is -1.92. The number of benzene rings is 1.